The number of hydrogen-bond acceptors (Lipinski definition) is 5. The minimum Gasteiger partial charge on any atom is -0.309 e. The topological polar surface area (TPSA) is 84.2 Å². The quantitative estimate of drug-likeness (QED) is 0.136. The molecule has 0 radical (unpaired) electrons. The minimum absolute atomic E-state index is 0.645. The third-order valence-corrected chi connectivity index (χ3v) is 23.2. The van der Waals surface area contributed by atoms with Gasteiger partial charge in [-0.25, -0.2) is 24.9 Å². The molecule has 0 fully saturated rings. The van der Waals surface area contributed by atoms with Crippen molar-refractivity contribution in [3.8, 4) is 90.8 Å². The molecule has 540 valence electrons. The molecular formula is C107H67N9. The van der Waals surface area contributed by atoms with Crippen LogP contribution in [0.5, 0.6) is 0 Å². The molecule has 0 saturated heterocycles. The van der Waals surface area contributed by atoms with Gasteiger partial charge in [0.2, 0.25) is 0 Å². The van der Waals surface area contributed by atoms with Crippen LogP contribution in [0.15, 0.2) is 406 Å². The summed E-state index contributed by atoms with van der Waals surface area (Å²) in [4.78, 5) is 25.4. The lowest BCUT2D eigenvalue weighted by Gasteiger charge is -2.13. The summed E-state index contributed by atoms with van der Waals surface area (Å²) in [6, 6.07) is 145. The third kappa shape index (κ3) is 11.0. The van der Waals surface area contributed by atoms with Gasteiger partial charge in [0.25, 0.3) is 0 Å². The number of aromatic nitrogens is 9. The molecule has 24 rings (SSSR count). The number of hydrogen-bond donors (Lipinski definition) is 0. The van der Waals surface area contributed by atoms with Gasteiger partial charge in [-0.2, -0.15) is 0 Å². The van der Waals surface area contributed by atoms with Crippen LogP contribution in [0.25, 0.3) is 221 Å². The van der Waals surface area contributed by atoms with E-state index in [1.165, 1.54) is 97.7 Å². The van der Waals surface area contributed by atoms with Crippen LogP contribution in [0, 0.1) is 0 Å². The van der Waals surface area contributed by atoms with E-state index in [1.807, 2.05) is 72.8 Å². The molecule has 6 aromatic heterocycles. The number of para-hydroxylation sites is 4. The lowest BCUT2D eigenvalue weighted by molar-refractivity contribution is 1.08. The summed E-state index contributed by atoms with van der Waals surface area (Å²) in [7, 11) is 0. The highest BCUT2D eigenvalue weighted by Gasteiger charge is 2.25. The first-order valence-electron chi connectivity index (χ1n) is 39.4. The minimum atomic E-state index is 0.645. The van der Waals surface area contributed by atoms with Gasteiger partial charge in [0.05, 0.1) is 55.5 Å². The maximum absolute atomic E-state index is 5.14. The Kier molecular flexibility index (Phi) is 15.4. The lowest BCUT2D eigenvalue weighted by Crippen LogP contribution is -2.00. The van der Waals surface area contributed by atoms with Crippen LogP contribution in [0.4, 0.5) is 0 Å². The molecular weight excluding hydrogens is 1410 g/mol. The number of fused-ring (bicyclic) bond motifs is 18. The lowest BCUT2D eigenvalue weighted by atomic mass is 10.0. The summed E-state index contributed by atoms with van der Waals surface area (Å²) in [6.45, 7) is 0. The first-order valence-corrected chi connectivity index (χ1v) is 39.4. The van der Waals surface area contributed by atoms with E-state index in [2.05, 4.69) is 352 Å². The van der Waals surface area contributed by atoms with E-state index in [-0.39, 0.29) is 0 Å². The van der Waals surface area contributed by atoms with E-state index in [1.54, 1.807) is 0 Å². The normalized spacial score (nSPS) is 11.8. The van der Waals surface area contributed by atoms with Gasteiger partial charge in [0, 0.05) is 99.2 Å². The van der Waals surface area contributed by atoms with E-state index in [9.17, 15) is 0 Å². The van der Waals surface area contributed by atoms with E-state index < -0.39 is 0 Å². The molecule has 9 heteroatoms. The van der Waals surface area contributed by atoms with Crippen molar-refractivity contribution in [1.82, 2.24) is 43.2 Å². The zero-order valence-electron chi connectivity index (χ0n) is 62.7. The molecule has 24 aromatic rings. The van der Waals surface area contributed by atoms with Crippen molar-refractivity contribution in [3.05, 3.63) is 406 Å². The van der Waals surface area contributed by atoms with Gasteiger partial charge >= 0.3 is 0 Å². The zero-order valence-corrected chi connectivity index (χ0v) is 62.7. The smallest absolute Gasteiger partial charge is 0.164 e. The summed E-state index contributed by atoms with van der Waals surface area (Å²) < 4.78 is 9.78. The Balaban J connectivity index is 0.000000137. The molecule has 0 saturated carbocycles. The van der Waals surface area contributed by atoms with Gasteiger partial charge in [-0.1, -0.05) is 309 Å². The third-order valence-electron chi connectivity index (χ3n) is 23.2. The Morgan fingerprint density at radius 1 is 0.164 bits per heavy atom. The summed E-state index contributed by atoms with van der Waals surface area (Å²) >= 11 is 0. The summed E-state index contributed by atoms with van der Waals surface area (Å²) in [6.07, 6.45) is 0. The Morgan fingerprint density at radius 2 is 0.509 bits per heavy atom. The fraction of sp³-hybridized carbons (Fsp3) is 0. The fourth-order valence-corrected chi connectivity index (χ4v) is 17.9. The second kappa shape index (κ2) is 27.1. The van der Waals surface area contributed by atoms with Crippen LogP contribution in [-0.2, 0) is 0 Å². The SMILES string of the molecule is c1ccc(-c2cc(-c3ccccc3)nc(-c3ccc4ccc(-n5c6ccccc6c6c5ccc5c7ccccc7n(-c7ccc8ccccc8c7)c56)cc4c3)n2)cc1.c1ccc(-c2nc(-c3ccccc3)nc(-c3cccc4cc(-n5c6ccccc6c6c5ccc5c7ccccc7n(-c7ccc8ccccc8c7)c56)ccc34)n2)cc1. The van der Waals surface area contributed by atoms with Gasteiger partial charge in [-0.3, -0.25) is 0 Å². The van der Waals surface area contributed by atoms with Crippen molar-refractivity contribution in [3.63, 3.8) is 0 Å². The molecule has 0 atom stereocenters. The van der Waals surface area contributed by atoms with Crippen LogP contribution in [0.1, 0.15) is 0 Å². The highest BCUT2D eigenvalue weighted by atomic mass is 15.0. The molecule has 18 aromatic carbocycles. The highest BCUT2D eigenvalue weighted by molar-refractivity contribution is 6.28. The predicted molar refractivity (Wildman–Crippen MR) is 482 cm³/mol. The van der Waals surface area contributed by atoms with Crippen molar-refractivity contribution in [2.24, 2.45) is 0 Å². The highest BCUT2D eigenvalue weighted by Crippen LogP contribution is 2.46. The second-order valence-electron chi connectivity index (χ2n) is 29.9. The number of rotatable bonds is 10. The first kappa shape index (κ1) is 66.1. The van der Waals surface area contributed by atoms with E-state index in [0.717, 1.165) is 100 Å². The Morgan fingerprint density at radius 3 is 1.00 bits per heavy atom. The molecule has 0 unspecified atom stereocenters. The molecule has 0 aliphatic carbocycles. The summed E-state index contributed by atoms with van der Waals surface area (Å²) in [5, 5.41) is 19.3. The molecule has 6 heterocycles. The molecule has 9 nitrogen and oxygen atoms in total. The monoisotopic (exact) mass is 1480 g/mol. The van der Waals surface area contributed by atoms with E-state index in [4.69, 9.17) is 24.9 Å². The standard InChI is InChI=1S/C54H34N4.C53H33N5/c1-3-14-37(15-4-1)47-34-48(38-16-5-2-6-17-38)56-54(55-47)40-24-23-36-26-27-42(33-41(36)31-40)57-50-22-12-10-20-46(50)52-51(57)30-29-45-44-19-9-11-21-49(44)58(53(45)52)43-28-25-35-13-7-8-18-39(35)32-43;1-3-15-35(16-4-1)51-54-52(36-17-5-2-6-18-36)56-53(55-51)44-23-13-20-38-33-39(28-29-41(38)44)57-47-25-12-10-22-45(47)49-48(57)31-30-43-42-21-9-11-24-46(42)58(50(43)49)40-27-26-34-14-7-8-19-37(34)32-40/h1-34H;1-33H. The first-order chi connectivity index (χ1) is 57.5. The van der Waals surface area contributed by atoms with Gasteiger partial charge < -0.3 is 18.3 Å². The van der Waals surface area contributed by atoms with Crippen LogP contribution in [0.2, 0.25) is 0 Å². The van der Waals surface area contributed by atoms with Crippen LogP contribution < -0.4 is 0 Å². The van der Waals surface area contributed by atoms with Crippen LogP contribution >= 0.6 is 0 Å². The van der Waals surface area contributed by atoms with Crippen molar-refractivity contribution in [2.45, 2.75) is 0 Å². The maximum atomic E-state index is 5.14. The molecule has 0 N–H and O–H groups in total. The predicted octanol–water partition coefficient (Wildman–Crippen LogP) is 27.4. The molecule has 0 bridgehead atoms. The van der Waals surface area contributed by atoms with Gasteiger partial charge in [0.15, 0.2) is 23.3 Å². The molecule has 0 spiro atoms. The fourth-order valence-electron chi connectivity index (χ4n) is 17.9. The van der Waals surface area contributed by atoms with Crippen molar-refractivity contribution < 1.29 is 0 Å². The molecule has 0 aliphatic heterocycles. The largest absolute Gasteiger partial charge is 0.309 e. The Bertz CT molecular complexity index is 7680. The second-order valence-corrected chi connectivity index (χ2v) is 29.9. The Hall–Kier alpha value is -15.7. The zero-order chi connectivity index (χ0) is 76.3. The number of benzene rings is 18. The van der Waals surface area contributed by atoms with Gasteiger partial charge in [-0.15, -0.1) is 0 Å². The molecule has 0 amide bonds. The van der Waals surface area contributed by atoms with Crippen LogP contribution in [-0.4, -0.2) is 43.2 Å². The van der Waals surface area contributed by atoms with Gasteiger partial charge in [-0.05, 0) is 140 Å². The summed E-state index contributed by atoms with van der Waals surface area (Å²) in [5.41, 5.74) is 21.7. The number of nitrogens with zero attached hydrogens (tertiary/aromatic N) is 9. The van der Waals surface area contributed by atoms with Gasteiger partial charge in [0.1, 0.15) is 0 Å². The van der Waals surface area contributed by atoms with Crippen molar-refractivity contribution >= 4 is 130 Å². The van der Waals surface area contributed by atoms with Crippen LogP contribution in [0.3, 0.4) is 0 Å². The summed E-state index contributed by atoms with van der Waals surface area (Å²) in [5.74, 6) is 2.65. The maximum Gasteiger partial charge on any atom is 0.164 e. The molecule has 0 aliphatic rings. The van der Waals surface area contributed by atoms with E-state index in [0.29, 0.717) is 23.3 Å². The Labute approximate surface area is 666 Å². The molecule has 116 heavy (non-hydrogen) atoms. The van der Waals surface area contributed by atoms with Crippen molar-refractivity contribution in [2.75, 3.05) is 0 Å². The van der Waals surface area contributed by atoms with E-state index >= 15 is 0 Å². The average Bonchev–Trinajstić information content (AvgIpc) is 1.55. The van der Waals surface area contributed by atoms with Crippen molar-refractivity contribution in [1.29, 1.82) is 0 Å². The average molecular weight is 1480 g/mol.